The van der Waals surface area contributed by atoms with Crippen LogP contribution in [0.1, 0.15) is 41.9 Å². The lowest BCUT2D eigenvalue weighted by Crippen LogP contribution is -2.03. The molecule has 2 nitrogen and oxygen atoms in total. The Hall–Kier alpha value is -0.610. The maximum atomic E-state index is 11.0. The molecule has 0 spiro atoms. The van der Waals surface area contributed by atoms with Gasteiger partial charge in [0, 0.05) is 10.5 Å². The number of carboxylic acid groups (broad SMARTS) is 1. The maximum Gasteiger partial charge on any atom is 0.336 e. The van der Waals surface area contributed by atoms with Gasteiger partial charge in [0.05, 0.1) is 5.56 Å². The summed E-state index contributed by atoms with van der Waals surface area (Å²) in [5.41, 5.74) is 1.31. The zero-order chi connectivity index (χ0) is 12.1. The van der Waals surface area contributed by atoms with Crippen molar-refractivity contribution in [1.82, 2.24) is 0 Å². The number of hydrogen-bond acceptors (Lipinski definition) is 3. The molecule has 0 aliphatic carbocycles. The molecule has 0 heterocycles. The summed E-state index contributed by atoms with van der Waals surface area (Å²) in [6, 6.07) is 7.20. The number of aromatic carboxylic acids is 1. The van der Waals surface area contributed by atoms with Gasteiger partial charge in [-0.1, -0.05) is 53.6 Å². The van der Waals surface area contributed by atoms with Crippen molar-refractivity contribution < 1.29 is 9.90 Å². The van der Waals surface area contributed by atoms with Crippen LogP contribution < -0.4 is 0 Å². The van der Waals surface area contributed by atoms with Gasteiger partial charge in [-0.2, -0.15) is 0 Å². The van der Waals surface area contributed by atoms with Gasteiger partial charge in [0.1, 0.15) is 0 Å². The molecule has 0 aromatic heterocycles. The van der Waals surface area contributed by atoms with Crippen molar-refractivity contribution in [3.8, 4) is 0 Å². The Balaban J connectivity index is 2.82. The topological polar surface area (TPSA) is 37.3 Å². The van der Waals surface area contributed by atoms with Gasteiger partial charge in [-0.15, -0.1) is 0 Å². The number of rotatable bonds is 5. The van der Waals surface area contributed by atoms with E-state index >= 15 is 0 Å². The van der Waals surface area contributed by atoms with Crippen LogP contribution >= 0.6 is 21.6 Å². The second kappa shape index (κ2) is 6.21. The van der Waals surface area contributed by atoms with Crippen LogP contribution in [0.2, 0.25) is 0 Å². The first-order valence-corrected chi connectivity index (χ1v) is 7.44. The number of carboxylic acids is 1. The van der Waals surface area contributed by atoms with Crippen molar-refractivity contribution in [2.24, 2.45) is 0 Å². The summed E-state index contributed by atoms with van der Waals surface area (Å²) < 4.78 is 0. The molecule has 0 fully saturated rings. The summed E-state index contributed by atoms with van der Waals surface area (Å²) in [6.07, 6.45) is 0. The Morgan fingerprint density at radius 3 is 2.38 bits per heavy atom. The Labute approximate surface area is 104 Å². The van der Waals surface area contributed by atoms with Gasteiger partial charge in [0.25, 0.3) is 0 Å². The molecule has 0 aliphatic rings. The summed E-state index contributed by atoms with van der Waals surface area (Å²) in [5, 5.41) is 9.82. The van der Waals surface area contributed by atoms with Gasteiger partial charge in [0.15, 0.2) is 0 Å². The molecule has 4 heteroatoms. The summed E-state index contributed by atoms with van der Waals surface area (Å²) in [6.45, 7) is 6.31. The second-order valence-electron chi connectivity index (χ2n) is 3.78. The Morgan fingerprint density at radius 1 is 1.19 bits per heavy atom. The Bertz CT molecular complexity index is 364. The van der Waals surface area contributed by atoms with Crippen molar-refractivity contribution in [3.05, 3.63) is 35.4 Å². The molecule has 0 bridgehead atoms. The number of benzene rings is 1. The molecular formula is C12H16O2S2. The lowest BCUT2D eigenvalue weighted by molar-refractivity contribution is 0.0695. The zero-order valence-electron chi connectivity index (χ0n) is 9.64. The van der Waals surface area contributed by atoms with Crippen LogP contribution in [0.3, 0.4) is 0 Å². The van der Waals surface area contributed by atoms with E-state index in [4.69, 9.17) is 5.11 Å². The summed E-state index contributed by atoms with van der Waals surface area (Å²) >= 11 is 0. The number of carbonyl (C=O) groups is 1. The summed E-state index contributed by atoms with van der Waals surface area (Å²) in [4.78, 5) is 11.0. The van der Waals surface area contributed by atoms with E-state index in [1.807, 2.05) is 19.1 Å². The molecule has 16 heavy (non-hydrogen) atoms. The molecule has 0 aliphatic heterocycles. The summed E-state index contributed by atoms with van der Waals surface area (Å²) in [7, 11) is 3.50. The van der Waals surface area contributed by atoms with Crippen molar-refractivity contribution >= 4 is 27.6 Å². The molecule has 1 aromatic rings. The fourth-order valence-corrected chi connectivity index (χ4v) is 3.47. The normalized spacial score (nSPS) is 12.8. The average Bonchev–Trinajstić information content (AvgIpc) is 2.25. The van der Waals surface area contributed by atoms with E-state index in [1.165, 1.54) is 0 Å². The van der Waals surface area contributed by atoms with E-state index in [1.54, 1.807) is 33.7 Å². The van der Waals surface area contributed by atoms with Crippen LogP contribution in [-0.4, -0.2) is 16.3 Å². The number of hydrogen-bond donors (Lipinski definition) is 1. The van der Waals surface area contributed by atoms with E-state index < -0.39 is 5.97 Å². The fraction of sp³-hybridized carbons (Fsp3) is 0.417. The minimum absolute atomic E-state index is 0.194. The largest absolute Gasteiger partial charge is 0.478 e. The molecule has 1 aromatic carbocycles. The van der Waals surface area contributed by atoms with Gasteiger partial charge >= 0.3 is 5.97 Å². The highest BCUT2D eigenvalue weighted by atomic mass is 33.1. The first-order valence-electron chi connectivity index (χ1n) is 5.16. The molecule has 1 atom stereocenters. The third-order valence-corrected chi connectivity index (χ3v) is 5.41. The van der Waals surface area contributed by atoms with Crippen LogP contribution in [0.15, 0.2) is 24.3 Å². The molecular weight excluding hydrogens is 240 g/mol. The lowest BCUT2D eigenvalue weighted by Gasteiger charge is -2.14. The van der Waals surface area contributed by atoms with Gasteiger partial charge < -0.3 is 5.11 Å². The smallest absolute Gasteiger partial charge is 0.336 e. The maximum absolute atomic E-state index is 11.0. The molecule has 0 amide bonds. The van der Waals surface area contributed by atoms with E-state index in [-0.39, 0.29) is 5.25 Å². The van der Waals surface area contributed by atoms with Crippen molar-refractivity contribution in [1.29, 1.82) is 0 Å². The first kappa shape index (κ1) is 13.5. The van der Waals surface area contributed by atoms with Crippen molar-refractivity contribution in [3.63, 3.8) is 0 Å². The molecule has 0 saturated carbocycles. The second-order valence-corrected chi connectivity index (χ2v) is 6.97. The van der Waals surface area contributed by atoms with Crippen molar-refractivity contribution in [2.45, 2.75) is 31.3 Å². The predicted molar refractivity (Wildman–Crippen MR) is 72.1 cm³/mol. The van der Waals surface area contributed by atoms with Crippen LogP contribution in [0.4, 0.5) is 0 Å². The quantitative estimate of drug-likeness (QED) is 0.800. The van der Waals surface area contributed by atoms with Crippen LogP contribution in [0.25, 0.3) is 0 Å². The average molecular weight is 256 g/mol. The van der Waals surface area contributed by atoms with Crippen LogP contribution in [0.5, 0.6) is 0 Å². The van der Waals surface area contributed by atoms with Gasteiger partial charge in [0.2, 0.25) is 0 Å². The van der Waals surface area contributed by atoms with Gasteiger partial charge in [-0.05, 0) is 18.6 Å². The van der Waals surface area contributed by atoms with Gasteiger partial charge in [-0.3, -0.25) is 0 Å². The third kappa shape index (κ3) is 3.76. The highest BCUT2D eigenvalue weighted by Crippen LogP contribution is 2.40. The first-order chi connectivity index (χ1) is 7.52. The van der Waals surface area contributed by atoms with E-state index in [9.17, 15) is 4.79 Å². The Kier molecular flexibility index (Phi) is 5.22. The van der Waals surface area contributed by atoms with Gasteiger partial charge in [-0.25, -0.2) is 4.79 Å². The SMILES string of the molecule is CC(C)SSC(C)c1ccccc1C(=O)O. The lowest BCUT2D eigenvalue weighted by atomic mass is 10.1. The highest BCUT2D eigenvalue weighted by molar-refractivity contribution is 8.77. The van der Waals surface area contributed by atoms with Crippen LogP contribution in [-0.2, 0) is 0 Å². The predicted octanol–water partition coefficient (Wildman–Crippen LogP) is 4.24. The fourth-order valence-electron chi connectivity index (χ4n) is 1.29. The molecule has 0 saturated heterocycles. The Morgan fingerprint density at radius 2 is 1.81 bits per heavy atom. The monoisotopic (exact) mass is 256 g/mol. The zero-order valence-corrected chi connectivity index (χ0v) is 11.3. The third-order valence-electron chi connectivity index (χ3n) is 2.02. The molecule has 1 rings (SSSR count). The standard InChI is InChI=1S/C12H16O2S2/c1-8(2)15-16-9(3)10-6-4-5-7-11(10)12(13)14/h4-9H,1-3H3,(H,13,14). The minimum atomic E-state index is -0.849. The molecule has 1 N–H and O–H groups in total. The minimum Gasteiger partial charge on any atom is -0.478 e. The molecule has 1 unspecified atom stereocenters. The van der Waals surface area contributed by atoms with E-state index in [0.29, 0.717) is 10.8 Å². The van der Waals surface area contributed by atoms with E-state index in [2.05, 4.69) is 13.8 Å². The summed E-state index contributed by atoms with van der Waals surface area (Å²) in [5.74, 6) is -0.849. The van der Waals surface area contributed by atoms with Crippen LogP contribution in [0, 0.1) is 0 Å². The van der Waals surface area contributed by atoms with Crippen molar-refractivity contribution in [2.75, 3.05) is 0 Å². The molecule has 88 valence electrons. The molecule has 0 radical (unpaired) electrons. The highest BCUT2D eigenvalue weighted by Gasteiger charge is 2.15. The van der Waals surface area contributed by atoms with E-state index in [0.717, 1.165) is 5.56 Å².